The van der Waals surface area contributed by atoms with Crippen molar-refractivity contribution in [1.29, 1.82) is 0 Å². The first-order valence-electron chi connectivity index (χ1n) is 9.44. The molecule has 2 amide bonds. The van der Waals surface area contributed by atoms with Gasteiger partial charge in [0.05, 0.1) is 22.6 Å². The monoisotopic (exact) mass is 365 g/mol. The Morgan fingerprint density at radius 3 is 2.22 bits per heavy atom. The van der Waals surface area contributed by atoms with Crippen molar-refractivity contribution in [2.45, 2.75) is 25.7 Å². The summed E-state index contributed by atoms with van der Waals surface area (Å²) >= 11 is 0. The van der Waals surface area contributed by atoms with Crippen molar-refractivity contribution in [1.82, 2.24) is 4.90 Å². The van der Waals surface area contributed by atoms with Crippen LogP contribution in [0.4, 0.5) is 17.1 Å². The van der Waals surface area contributed by atoms with Gasteiger partial charge in [0.15, 0.2) is 0 Å². The molecule has 27 heavy (non-hydrogen) atoms. The molecule has 0 spiro atoms. The van der Waals surface area contributed by atoms with Gasteiger partial charge in [-0.3, -0.25) is 14.5 Å². The van der Waals surface area contributed by atoms with Gasteiger partial charge in [-0.25, -0.2) is 0 Å². The number of carbonyl (C=O) groups excluding carboxylic acids is 2. The van der Waals surface area contributed by atoms with E-state index >= 15 is 0 Å². The number of benzene rings is 2. The maximum atomic E-state index is 13.2. The number of nitrogens with zero attached hydrogens (tertiary/aromatic N) is 3. The molecule has 1 aliphatic heterocycles. The summed E-state index contributed by atoms with van der Waals surface area (Å²) < 4.78 is 0. The number of fused-ring (bicyclic) bond motifs is 2. The molecule has 0 fully saturated rings. The fraction of sp³-hybridized carbons (Fsp3) is 0.364. The molecule has 3 rings (SSSR count). The van der Waals surface area contributed by atoms with Crippen molar-refractivity contribution in [3.05, 3.63) is 54.1 Å². The summed E-state index contributed by atoms with van der Waals surface area (Å²) in [4.78, 5) is 31.6. The van der Waals surface area contributed by atoms with Gasteiger partial charge >= 0.3 is 0 Å². The molecule has 1 aliphatic rings. The van der Waals surface area contributed by atoms with Gasteiger partial charge in [-0.15, -0.1) is 0 Å². The molecule has 5 nitrogen and oxygen atoms in total. The van der Waals surface area contributed by atoms with Crippen LogP contribution in [0.25, 0.3) is 0 Å². The molecule has 1 heterocycles. The van der Waals surface area contributed by atoms with Crippen molar-refractivity contribution in [2.75, 3.05) is 37.5 Å². The van der Waals surface area contributed by atoms with Crippen LogP contribution in [-0.2, 0) is 4.79 Å². The first-order chi connectivity index (χ1) is 13.0. The molecule has 0 N–H and O–H groups in total. The van der Waals surface area contributed by atoms with E-state index in [9.17, 15) is 9.59 Å². The topological polar surface area (TPSA) is 43.9 Å². The SMILES string of the molecule is CN(C)CCCCCC(=O)N1c2ccccc2C(=O)N(C)c2ccccc21. The lowest BCUT2D eigenvalue weighted by atomic mass is 10.1. The molecule has 0 aliphatic carbocycles. The van der Waals surface area contributed by atoms with Gasteiger partial charge < -0.3 is 9.80 Å². The quantitative estimate of drug-likeness (QED) is 0.725. The van der Waals surface area contributed by atoms with Crippen molar-refractivity contribution >= 4 is 28.9 Å². The zero-order valence-corrected chi connectivity index (χ0v) is 16.3. The number of carbonyl (C=O) groups is 2. The van der Waals surface area contributed by atoms with Gasteiger partial charge in [0.2, 0.25) is 5.91 Å². The third kappa shape index (κ3) is 4.03. The highest BCUT2D eigenvalue weighted by Crippen LogP contribution is 2.40. The van der Waals surface area contributed by atoms with Crippen LogP contribution in [0.1, 0.15) is 36.0 Å². The first kappa shape index (κ1) is 19.1. The number of amides is 2. The second-order valence-corrected chi connectivity index (χ2v) is 7.21. The molecule has 0 radical (unpaired) electrons. The predicted molar refractivity (Wildman–Crippen MR) is 110 cm³/mol. The van der Waals surface area contributed by atoms with Crippen molar-refractivity contribution < 1.29 is 9.59 Å². The number of hydrogen-bond donors (Lipinski definition) is 0. The fourth-order valence-electron chi connectivity index (χ4n) is 3.47. The minimum atomic E-state index is -0.0978. The highest BCUT2D eigenvalue weighted by Gasteiger charge is 2.31. The van der Waals surface area contributed by atoms with E-state index in [1.165, 1.54) is 0 Å². The Morgan fingerprint density at radius 2 is 1.52 bits per heavy atom. The number of unbranched alkanes of at least 4 members (excludes halogenated alkanes) is 2. The van der Waals surface area contributed by atoms with E-state index in [-0.39, 0.29) is 11.8 Å². The van der Waals surface area contributed by atoms with Crippen LogP contribution in [0, 0.1) is 0 Å². The van der Waals surface area contributed by atoms with Gasteiger partial charge in [-0.05, 0) is 57.7 Å². The maximum absolute atomic E-state index is 13.2. The molecule has 0 saturated heterocycles. The molecule has 0 bridgehead atoms. The molecular formula is C22H27N3O2. The predicted octanol–water partition coefficient (Wildman–Crippen LogP) is 4.06. The van der Waals surface area contributed by atoms with Crippen molar-refractivity contribution in [3.8, 4) is 0 Å². The summed E-state index contributed by atoms with van der Waals surface area (Å²) in [5.41, 5.74) is 2.73. The molecule has 0 saturated carbocycles. The molecule has 0 unspecified atom stereocenters. The normalized spacial score (nSPS) is 13.4. The standard InChI is InChI=1S/C22H27N3O2/c1-23(2)16-10-4-5-15-21(26)25-18-12-7-6-11-17(18)22(27)24(3)19-13-8-9-14-20(19)25/h6-9,11-14H,4-5,10,15-16H2,1-3H3. The van der Waals surface area contributed by atoms with Gasteiger partial charge in [-0.1, -0.05) is 30.7 Å². The molecule has 0 atom stereocenters. The van der Waals surface area contributed by atoms with E-state index in [0.29, 0.717) is 17.7 Å². The molecule has 2 aromatic carbocycles. The largest absolute Gasteiger partial charge is 0.309 e. The first-order valence-corrected chi connectivity index (χ1v) is 9.44. The lowest BCUT2D eigenvalue weighted by Gasteiger charge is -2.25. The van der Waals surface area contributed by atoms with Gasteiger partial charge in [0.1, 0.15) is 0 Å². The number of anilines is 3. The maximum Gasteiger partial charge on any atom is 0.260 e. The zero-order chi connectivity index (χ0) is 19.4. The Labute approximate surface area is 161 Å². The Hall–Kier alpha value is -2.66. The van der Waals surface area contributed by atoms with E-state index in [2.05, 4.69) is 19.0 Å². The zero-order valence-electron chi connectivity index (χ0n) is 16.3. The highest BCUT2D eigenvalue weighted by molar-refractivity contribution is 6.18. The van der Waals surface area contributed by atoms with E-state index in [0.717, 1.165) is 37.2 Å². The van der Waals surface area contributed by atoms with Crippen molar-refractivity contribution in [2.24, 2.45) is 0 Å². The third-order valence-electron chi connectivity index (χ3n) is 4.91. The number of hydrogen-bond acceptors (Lipinski definition) is 3. The Kier molecular flexibility index (Phi) is 5.91. The second kappa shape index (κ2) is 8.35. The number of rotatable bonds is 6. The minimum Gasteiger partial charge on any atom is -0.309 e. The summed E-state index contributed by atoms with van der Waals surface area (Å²) in [5.74, 6) is -0.0674. The fourth-order valence-corrected chi connectivity index (χ4v) is 3.47. The van der Waals surface area contributed by atoms with Crippen LogP contribution in [0.3, 0.4) is 0 Å². The van der Waals surface area contributed by atoms with E-state index < -0.39 is 0 Å². The van der Waals surface area contributed by atoms with Crippen LogP contribution < -0.4 is 9.80 Å². The van der Waals surface area contributed by atoms with Gasteiger partial charge in [-0.2, -0.15) is 0 Å². The summed E-state index contributed by atoms with van der Waals surface area (Å²) in [6, 6.07) is 14.9. The van der Waals surface area contributed by atoms with Crippen LogP contribution >= 0.6 is 0 Å². The summed E-state index contributed by atoms with van der Waals surface area (Å²) in [6.45, 7) is 1.03. The lowest BCUT2D eigenvalue weighted by Crippen LogP contribution is -2.26. The van der Waals surface area contributed by atoms with Crippen LogP contribution in [0.15, 0.2) is 48.5 Å². The van der Waals surface area contributed by atoms with E-state index in [1.54, 1.807) is 22.9 Å². The molecule has 5 heteroatoms. The Balaban J connectivity index is 1.89. The third-order valence-corrected chi connectivity index (χ3v) is 4.91. The average Bonchev–Trinajstić information content (AvgIpc) is 2.76. The van der Waals surface area contributed by atoms with Gasteiger partial charge in [0.25, 0.3) is 5.91 Å². The van der Waals surface area contributed by atoms with Crippen LogP contribution in [0.2, 0.25) is 0 Å². The van der Waals surface area contributed by atoms with Crippen molar-refractivity contribution in [3.63, 3.8) is 0 Å². The highest BCUT2D eigenvalue weighted by atomic mass is 16.2. The molecule has 0 aromatic heterocycles. The van der Waals surface area contributed by atoms with E-state index in [1.807, 2.05) is 42.5 Å². The summed E-state index contributed by atoms with van der Waals surface area (Å²) in [7, 11) is 5.88. The smallest absolute Gasteiger partial charge is 0.260 e. The molecular weight excluding hydrogens is 338 g/mol. The molecule has 2 aromatic rings. The summed E-state index contributed by atoms with van der Waals surface area (Å²) in [5, 5.41) is 0. The van der Waals surface area contributed by atoms with E-state index in [4.69, 9.17) is 0 Å². The second-order valence-electron chi connectivity index (χ2n) is 7.21. The van der Waals surface area contributed by atoms with Gasteiger partial charge in [0, 0.05) is 13.5 Å². The lowest BCUT2D eigenvalue weighted by molar-refractivity contribution is -0.118. The molecule has 142 valence electrons. The number of para-hydroxylation sites is 3. The average molecular weight is 365 g/mol. The van der Waals surface area contributed by atoms with Crippen LogP contribution in [0.5, 0.6) is 0 Å². The summed E-state index contributed by atoms with van der Waals surface area (Å²) in [6.07, 6.45) is 3.40. The Morgan fingerprint density at radius 1 is 0.889 bits per heavy atom. The Bertz CT molecular complexity index is 832. The minimum absolute atomic E-state index is 0.0304. The van der Waals surface area contributed by atoms with Crippen LogP contribution in [-0.4, -0.2) is 44.4 Å².